The Balaban J connectivity index is 2.05. The zero-order valence-corrected chi connectivity index (χ0v) is 13.9. The van der Waals surface area contributed by atoms with Crippen molar-refractivity contribution in [2.45, 2.75) is 38.4 Å². The molecule has 3 atom stereocenters. The SMILES string of the molecule is CCNC1CC(C(=O)N2CCS(=O)(=O)CC2)CC(C(F)(F)F)C1. The molecule has 0 radical (unpaired) electrons. The van der Waals surface area contributed by atoms with Gasteiger partial charge in [-0.1, -0.05) is 6.92 Å². The highest BCUT2D eigenvalue weighted by Crippen LogP contribution is 2.40. The summed E-state index contributed by atoms with van der Waals surface area (Å²) in [4.78, 5) is 13.9. The van der Waals surface area contributed by atoms with Crippen LogP contribution in [0.3, 0.4) is 0 Å². The third-order valence-electron chi connectivity index (χ3n) is 4.67. The number of nitrogens with zero attached hydrogens (tertiary/aromatic N) is 1. The minimum Gasteiger partial charge on any atom is -0.340 e. The first kappa shape index (κ1) is 18.5. The molecule has 5 nitrogen and oxygen atoms in total. The van der Waals surface area contributed by atoms with Gasteiger partial charge < -0.3 is 10.2 Å². The third kappa shape index (κ3) is 4.82. The number of hydrogen-bond acceptors (Lipinski definition) is 4. The van der Waals surface area contributed by atoms with Gasteiger partial charge in [-0.05, 0) is 25.8 Å². The van der Waals surface area contributed by atoms with Crippen LogP contribution in [0.25, 0.3) is 0 Å². The third-order valence-corrected chi connectivity index (χ3v) is 6.28. The molecule has 0 spiro atoms. The smallest absolute Gasteiger partial charge is 0.340 e. The summed E-state index contributed by atoms with van der Waals surface area (Å²) in [7, 11) is -3.12. The fraction of sp³-hybridized carbons (Fsp3) is 0.929. The molecule has 1 heterocycles. The summed E-state index contributed by atoms with van der Waals surface area (Å²) in [6, 6.07) is -0.331. The van der Waals surface area contributed by atoms with Crippen LogP contribution in [0.1, 0.15) is 26.2 Å². The van der Waals surface area contributed by atoms with Gasteiger partial charge in [0, 0.05) is 25.0 Å². The highest BCUT2D eigenvalue weighted by atomic mass is 32.2. The average Bonchev–Trinajstić information content (AvgIpc) is 2.45. The second-order valence-electron chi connectivity index (χ2n) is 6.37. The fourth-order valence-corrected chi connectivity index (χ4v) is 4.64. The van der Waals surface area contributed by atoms with E-state index >= 15 is 0 Å². The van der Waals surface area contributed by atoms with Crippen LogP contribution in [-0.4, -0.2) is 62.6 Å². The van der Waals surface area contributed by atoms with Crippen LogP contribution >= 0.6 is 0 Å². The van der Waals surface area contributed by atoms with Crippen molar-refractivity contribution in [3.05, 3.63) is 0 Å². The van der Waals surface area contributed by atoms with E-state index in [1.165, 1.54) is 4.90 Å². The predicted octanol–water partition coefficient (Wildman–Crippen LogP) is 1.20. The number of nitrogens with one attached hydrogen (secondary N) is 1. The number of alkyl halides is 3. The molecule has 0 bridgehead atoms. The van der Waals surface area contributed by atoms with E-state index in [9.17, 15) is 26.4 Å². The molecule has 23 heavy (non-hydrogen) atoms. The van der Waals surface area contributed by atoms with Crippen molar-refractivity contribution in [2.24, 2.45) is 11.8 Å². The van der Waals surface area contributed by atoms with Crippen LogP contribution in [0, 0.1) is 11.8 Å². The van der Waals surface area contributed by atoms with Crippen molar-refractivity contribution in [1.82, 2.24) is 10.2 Å². The lowest BCUT2D eigenvalue weighted by molar-refractivity contribution is -0.189. The largest absolute Gasteiger partial charge is 0.391 e. The van der Waals surface area contributed by atoms with Gasteiger partial charge in [0.1, 0.15) is 0 Å². The Morgan fingerprint density at radius 1 is 1.17 bits per heavy atom. The Hall–Kier alpha value is -0.830. The summed E-state index contributed by atoms with van der Waals surface area (Å²) >= 11 is 0. The number of sulfone groups is 1. The van der Waals surface area contributed by atoms with Gasteiger partial charge in [-0.15, -0.1) is 0 Å². The van der Waals surface area contributed by atoms with Crippen molar-refractivity contribution < 1.29 is 26.4 Å². The average molecular weight is 356 g/mol. The molecule has 0 aromatic rings. The maximum absolute atomic E-state index is 13.1. The molecule has 1 saturated carbocycles. The molecule has 134 valence electrons. The molecule has 1 saturated heterocycles. The molecule has 3 unspecified atom stereocenters. The first-order valence-corrected chi connectivity index (χ1v) is 9.74. The van der Waals surface area contributed by atoms with E-state index in [0.29, 0.717) is 13.0 Å². The van der Waals surface area contributed by atoms with Gasteiger partial charge in [0.25, 0.3) is 0 Å². The maximum Gasteiger partial charge on any atom is 0.391 e. The second-order valence-corrected chi connectivity index (χ2v) is 8.68. The Labute approximate surface area is 134 Å². The second kappa shape index (κ2) is 6.96. The summed E-state index contributed by atoms with van der Waals surface area (Å²) in [6.45, 7) is 2.54. The van der Waals surface area contributed by atoms with Gasteiger partial charge in [-0.25, -0.2) is 8.42 Å². The minimum absolute atomic E-state index is 0.00447. The normalized spacial score (nSPS) is 31.8. The molecule has 1 N–H and O–H groups in total. The predicted molar refractivity (Wildman–Crippen MR) is 79.6 cm³/mol. The van der Waals surface area contributed by atoms with Crippen LogP contribution in [0.4, 0.5) is 13.2 Å². The van der Waals surface area contributed by atoms with Crippen LogP contribution in [-0.2, 0) is 14.6 Å². The molecule has 1 amide bonds. The van der Waals surface area contributed by atoms with Crippen molar-refractivity contribution in [3.63, 3.8) is 0 Å². The minimum atomic E-state index is -4.31. The van der Waals surface area contributed by atoms with Crippen molar-refractivity contribution >= 4 is 15.7 Å². The molecule has 2 rings (SSSR count). The van der Waals surface area contributed by atoms with Crippen LogP contribution in [0.5, 0.6) is 0 Å². The molecule has 2 fully saturated rings. The van der Waals surface area contributed by atoms with E-state index in [4.69, 9.17) is 0 Å². The van der Waals surface area contributed by atoms with Crippen LogP contribution in [0.15, 0.2) is 0 Å². The summed E-state index contributed by atoms with van der Waals surface area (Å²) in [5, 5.41) is 3.02. The zero-order valence-electron chi connectivity index (χ0n) is 13.1. The number of hydrogen-bond donors (Lipinski definition) is 1. The number of amides is 1. The van der Waals surface area contributed by atoms with E-state index < -0.39 is 27.8 Å². The van der Waals surface area contributed by atoms with Gasteiger partial charge in [0.2, 0.25) is 5.91 Å². The summed E-state index contributed by atoms with van der Waals surface area (Å²) in [6.07, 6.45) is -4.14. The summed E-state index contributed by atoms with van der Waals surface area (Å²) < 4.78 is 62.1. The topological polar surface area (TPSA) is 66.5 Å². The number of carbonyl (C=O) groups is 1. The van der Waals surface area contributed by atoms with Crippen molar-refractivity contribution in [2.75, 3.05) is 31.1 Å². The summed E-state index contributed by atoms with van der Waals surface area (Å²) in [5.41, 5.74) is 0. The Morgan fingerprint density at radius 3 is 2.30 bits per heavy atom. The van der Waals surface area contributed by atoms with Gasteiger partial charge >= 0.3 is 6.18 Å². The first-order valence-electron chi connectivity index (χ1n) is 7.91. The number of halogens is 3. The molecule has 0 aromatic heterocycles. The Kier molecular flexibility index (Phi) is 5.60. The fourth-order valence-electron chi connectivity index (χ4n) is 3.43. The van der Waals surface area contributed by atoms with Crippen LogP contribution < -0.4 is 5.32 Å². The molecule has 1 aliphatic heterocycles. The molecular formula is C14H23F3N2O3S. The lowest BCUT2D eigenvalue weighted by atomic mass is 9.77. The molecule has 1 aliphatic carbocycles. The lowest BCUT2D eigenvalue weighted by Gasteiger charge is -2.38. The highest BCUT2D eigenvalue weighted by molar-refractivity contribution is 7.91. The zero-order chi connectivity index (χ0) is 17.3. The van der Waals surface area contributed by atoms with Gasteiger partial charge in [0.15, 0.2) is 9.84 Å². The molecule has 2 aliphatic rings. The van der Waals surface area contributed by atoms with Gasteiger partial charge in [-0.2, -0.15) is 13.2 Å². The van der Waals surface area contributed by atoms with E-state index in [-0.39, 0.29) is 49.4 Å². The summed E-state index contributed by atoms with van der Waals surface area (Å²) in [5.74, 6) is -2.73. The van der Waals surface area contributed by atoms with E-state index in [0.717, 1.165) is 0 Å². The van der Waals surface area contributed by atoms with E-state index in [1.807, 2.05) is 6.92 Å². The van der Waals surface area contributed by atoms with Crippen molar-refractivity contribution in [1.29, 1.82) is 0 Å². The lowest BCUT2D eigenvalue weighted by Crippen LogP contribution is -2.50. The number of carbonyl (C=O) groups excluding carboxylic acids is 1. The quantitative estimate of drug-likeness (QED) is 0.825. The Bertz CT molecular complexity index is 522. The molecule has 9 heteroatoms. The first-order chi connectivity index (χ1) is 10.6. The van der Waals surface area contributed by atoms with Gasteiger partial charge in [-0.3, -0.25) is 4.79 Å². The van der Waals surface area contributed by atoms with E-state index in [1.54, 1.807) is 0 Å². The monoisotopic (exact) mass is 356 g/mol. The van der Waals surface area contributed by atoms with Gasteiger partial charge in [0.05, 0.1) is 17.4 Å². The highest BCUT2D eigenvalue weighted by Gasteiger charge is 2.47. The van der Waals surface area contributed by atoms with Crippen LogP contribution in [0.2, 0.25) is 0 Å². The van der Waals surface area contributed by atoms with E-state index in [2.05, 4.69) is 5.32 Å². The Morgan fingerprint density at radius 2 is 1.78 bits per heavy atom. The number of rotatable bonds is 3. The molecular weight excluding hydrogens is 333 g/mol. The maximum atomic E-state index is 13.1. The molecule has 0 aromatic carbocycles. The van der Waals surface area contributed by atoms with Crippen molar-refractivity contribution in [3.8, 4) is 0 Å². The standard InChI is InChI=1S/C14H23F3N2O3S/c1-2-18-12-8-10(7-11(9-12)14(15,16)17)13(20)19-3-5-23(21,22)6-4-19/h10-12,18H,2-9H2,1H3.